The number of phosphoric acid groups is 1. The molecule has 9 heteroatoms. The number of nitrogens with one attached hydrogen (secondary N) is 1. The molecule has 0 aromatic heterocycles. The molecule has 0 saturated carbocycles. The summed E-state index contributed by atoms with van der Waals surface area (Å²) in [6.45, 7) is 3.99. The molecule has 0 saturated heterocycles. The predicted octanol–water partition coefficient (Wildman–Crippen LogP) is 7.65. The largest absolute Gasteiger partial charge is 0.472 e. The molecule has 0 spiro atoms. The molecule has 3 atom stereocenters. The maximum Gasteiger partial charge on any atom is 0.472 e. The van der Waals surface area contributed by atoms with E-state index in [0.717, 1.165) is 77.0 Å². The molecule has 240 valence electrons. The molecule has 0 aliphatic heterocycles. The van der Waals surface area contributed by atoms with Crippen LogP contribution in [0.2, 0.25) is 0 Å². The molecule has 3 unspecified atom stereocenters. The smallest absolute Gasteiger partial charge is 0.391 e. The number of rotatable bonds is 29. The Morgan fingerprint density at radius 2 is 1.41 bits per heavy atom. The van der Waals surface area contributed by atoms with Gasteiger partial charge >= 0.3 is 7.82 Å². The highest BCUT2D eigenvalue weighted by Gasteiger charge is 2.27. The highest BCUT2D eigenvalue weighted by molar-refractivity contribution is 7.47. The van der Waals surface area contributed by atoms with Crippen LogP contribution in [0.4, 0.5) is 0 Å². The SMILES string of the molecule is CC/C=C\C/C=C\C/C=C\CCCCCCCC(=O)NC(COP(=O)(O)OCCN)C(O)CCCCCCCCC. The van der Waals surface area contributed by atoms with E-state index >= 15 is 0 Å². The number of allylic oxidation sites excluding steroid dienone is 6. The quantitative estimate of drug-likeness (QED) is 0.0394. The van der Waals surface area contributed by atoms with Crippen molar-refractivity contribution >= 4 is 13.7 Å². The molecule has 0 fully saturated rings. The normalized spacial score (nSPS) is 15.1. The molecule has 5 N–H and O–H groups in total. The van der Waals surface area contributed by atoms with Crippen LogP contribution in [0.3, 0.4) is 0 Å². The second-order valence-electron chi connectivity index (χ2n) is 10.6. The van der Waals surface area contributed by atoms with Crippen LogP contribution in [0.25, 0.3) is 0 Å². The summed E-state index contributed by atoms with van der Waals surface area (Å²) in [4.78, 5) is 22.4. The molecule has 0 aromatic carbocycles. The topological polar surface area (TPSA) is 131 Å². The van der Waals surface area contributed by atoms with E-state index in [1.165, 1.54) is 25.7 Å². The van der Waals surface area contributed by atoms with Crippen LogP contribution < -0.4 is 11.1 Å². The number of hydrogen-bond acceptors (Lipinski definition) is 6. The van der Waals surface area contributed by atoms with Crippen LogP contribution in [-0.2, 0) is 18.4 Å². The lowest BCUT2D eigenvalue weighted by Crippen LogP contribution is -2.46. The maximum atomic E-state index is 12.6. The number of carbonyl (C=O) groups excluding carboxylic acids is 1. The molecule has 41 heavy (non-hydrogen) atoms. The highest BCUT2D eigenvalue weighted by Crippen LogP contribution is 2.43. The Kier molecular flexibility index (Phi) is 27.9. The van der Waals surface area contributed by atoms with Crippen LogP contribution in [0.1, 0.15) is 129 Å². The van der Waals surface area contributed by atoms with Gasteiger partial charge in [-0.1, -0.05) is 115 Å². The maximum absolute atomic E-state index is 12.6. The van der Waals surface area contributed by atoms with E-state index in [0.29, 0.717) is 12.8 Å². The number of nitrogens with two attached hydrogens (primary N) is 1. The molecule has 0 rings (SSSR count). The Bertz CT molecular complexity index is 744. The van der Waals surface area contributed by atoms with E-state index in [2.05, 4.69) is 55.6 Å². The van der Waals surface area contributed by atoms with E-state index in [1.54, 1.807) is 0 Å². The van der Waals surface area contributed by atoms with Gasteiger partial charge in [-0.05, 0) is 44.9 Å². The zero-order valence-electron chi connectivity index (χ0n) is 26.0. The molecule has 0 aliphatic rings. The van der Waals surface area contributed by atoms with Crippen molar-refractivity contribution in [3.8, 4) is 0 Å². The van der Waals surface area contributed by atoms with Crippen molar-refractivity contribution in [1.82, 2.24) is 5.32 Å². The summed E-state index contributed by atoms with van der Waals surface area (Å²) in [5, 5.41) is 13.6. The zero-order valence-corrected chi connectivity index (χ0v) is 26.9. The van der Waals surface area contributed by atoms with Crippen molar-refractivity contribution in [2.45, 2.75) is 142 Å². The molecule has 0 aliphatic carbocycles. The fourth-order valence-electron chi connectivity index (χ4n) is 4.32. The van der Waals surface area contributed by atoms with Crippen molar-refractivity contribution < 1.29 is 28.4 Å². The lowest BCUT2D eigenvalue weighted by atomic mass is 10.0. The summed E-state index contributed by atoms with van der Waals surface area (Å²) in [6, 6.07) is -0.779. The Labute approximate surface area is 250 Å². The fraction of sp³-hybridized carbons (Fsp3) is 0.781. The Balaban J connectivity index is 4.31. The van der Waals surface area contributed by atoms with Gasteiger partial charge < -0.3 is 21.1 Å². The van der Waals surface area contributed by atoms with Gasteiger partial charge in [0.05, 0.1) is 25.4 Å². The van der Waals surface area contributed by atoms with Crippen molar-refractivity contribution in [2.75, 3.05) is 19.8 Å². The van der Waals surface area contributed by atoms with Gasteiger partial charge in [-0.25, -0.2) is 4.57 Å². The van der Waals surface area contributed by atoms with Gasteiger partial charge in [0.1, 0.15) is 0 Å². The monoisotopic (exact) mass is 600 g/mol. The van der Waals surface area contributed by atoms with Gasteiger partial charge in [-0.2, -0.15) is 0 Å². The average molecular weight is 601 g/mol. The number of hydrogen-bond donors (Lipinski definition) is 4. The first-order valence-electron chi connectivity index (χ1n) is 16.1. The third-order valence-electron chi connectivity index (χ3n) is 6.76. The summed E-state index contributed by atoms with van der Waals surface area (Å²) in [5.74, 6) is -0.186. The Hall–Kier alpha value is -1.28. The first-order chi connectivity index (χ1) is 19.9. The lowest BCUT2D eigenvalue weighted by Gasteiger charge is -2.25. The molecular formula is C32H61N2O6P. The van der Waals surface area contributed by atoms with E-state index in [4.69, 9.17) is 14.8 Å². The van der Waals surface area contributed by atoms with E-state index in [-0.39, 0.29) is 25.7 Å². The summed E-state index contributed by atoms with van der Waals surface area (Å²) < 4.78 is 21.9. The lowest BCUT2D eigenvalue weighted by molar-refractivity contribution is -0.123. The summed E-state index contributed by atoms with van der Waals surface area (Å²) in [6.07, 6.45) is 30.2. The summed E-state index contributed by atoms with van der Waals surface area (Å²) in [5.41, 5.74) is 5.33. The van der Waals surface area contributed by atoms with Gasteiger partial charge in [0.25, 0.3) is 0 Å². The molecule has 0 aromatic rings. The minimum atomic E-state index is -4.30. The average Bonchev–Trinajstić information content (AvgIpc) is 2.95. The van der Waals surface area contributed by atoms with Gasteiger partial charge in [-0.3, -0.25) is 13.8 Å². The standard InChI is InChI=1S/C32H61N2O6P/c1-3-5-7-9-11-12-13-14-15-16-17-18-20-22-24-26-32(36)34-30(29-40-41(37,38)39-28-27-33)31(35)25-23-21-19-10-8-6-4-2/h5,7,11-12,14-15,30-31,35H,3-4,6,8-10,13,16-29,33H2,1-2H3,(H,34,36)(H,37,38)/b7-5-,12-11-,15-14-. The first-order valence-corrected chi connectivity index (χ1v) is 17.6. The highest BCUT2D eigenvalue weighted by atomic mass is 31.2. The minimum absolute atomic E-state index is 0.0840. The number of aliphatic hydroxyl groups is 1. The van der Waals surface area contributed by atoms with Crippen molar-refractivity contribution in [2.24, 2.45) is 5.73 Å². The Morgan fingerprint density at radius 1 is 0.829 bits per heavy atom. The van der Waals surface area contributed by atoms with E-state index < -0.39 is 20.0 Å². The third kappa shape index (κ3) is 27.3. The second-order valence-corrected chi connectivity index (χ2v) is 12.1. The van der Waals surface area contributed by atoms with Gasteiger partial charge in [0, 0.05) is 13.0 Å². The predicted molar refractivity (Wildman–Crippen MR) is 171 cm³/mol. The van der Waals surface area contributed by atoms with Crippen LogP contribution >= 0.6 is 7.82 Å². The van der Waals surface area contributed by atoms with Gasteiger partial charge in [-0.15, -0.1) is 0 Å². The second kappa shape index (κ2) is 28.8. The number of aliphatic hydroxyl groups excluding tert-OH is 1. The number of unbranched alkanes of at least 4 members (excludes halogenated alkanes) is 11. The molecule has 1 amide bonds. The molecule has 8 nitrogen and oxygen atoms in total. The summed E-state index contributed by atoms with van der Waals surface area (Å²) in [7, 11) is -4.30. The first kappa shape index (κ1) is 39.7. The van der Waals surface area contributed by atoms with Crippen LogP contribution in [0.15, 0.2) is 36.5 Å². The molecule has 0 bridgehead atoms. The fourth-order valence-corrected chi connectivity index (χ4v) is 5.08. The van der Waals surface area contributed by atoms with Crippen LogP contribution in [0, 0.1) is 0 Å². The van der Waals surface area contributed by atoms with Gasteiger partial charge in [0.15, 0.2) is 0 Å². The molecule has 0 heterocycles. The summed E-state index contributed by atoms with van der Waals surface area (Å²) >= 11 is 0. The van der Waals surface area contributed by atoms with Crippen molar-refractivity contribution in [3.05, 3.63) is 36.5 Å². The number of amides is 1. The van der Waals surface area contributed by atoms with Crippen molar-refractivity contribution in [3.63, 3.8) is 0 Å². The van der Waals surface area contributed by atoms with E-state index in [9.17, 15) is 19.4 Å². The van der Waals surface area contributed by atoms with Crippen LogP contribution in [0.5, 0.6) is 0 Å². The zero-order chi connectivity index (χ0) is 30.4. The van der Waals surface area contributed by atoms with Gasteiger partial charge in [0.2, 0.25) is 5.91 Å². The van der Waals surface area contributed by atoms with Crippen LogP contribution in [-0.4, -0.2) is 47.8 Å². The Morgan fingerprint density at radius 3 is 2.07 bits per heavy atom. The minimum Gasteiger partial charge on any atom is -0.391 e. The third-order valence-corrected chi connectivity index (χ3v) is 7.74. The van der Waals surface area contributed by atoms with Crippen molar-refractivity contribution in [1.29, 1.82) is 0 Å². The molecular weight excluding hydrogens is 539 g/mol. The number of phosphoric ester groups is 1. The molecule has 0 radical (unpaired) electrons. The number of carbonyl (C=O) groups is 1. The van der Waals surface area contributed by atoms with E-state index in [1.807, 2.05) is 0 Å².